The van der Waals surface area contributed by atoms with Crippen molar-refractivity contribution >= 4 is 23.5 Å². The van der Waals surface area contributed by atoms with Crippen molar-refractivity contribution in [2.24, 2.45) is 0 Å². The van der Waals surface area contributed by atoms with Crippen molar-refractivity contribution in [1.29, 1.82) is 0 Å². The molecule has 0 bridgehead atoms. The van der Waals surface area contributed by atoms with Crippen LogP contribution in [0.3, 0.4) is 0 Å². The Morgan fingerprint density at radius 3 is 2.80 bits per heavy atom. The summed E-state index contributed by atoms with van der Waals surface area (Å²) in [6, 6.07) is -0.323. The number of hydrogen-bond donors (Lipinski definition) is 2. The molecule has 0 radical (unpaired) electrons. The van der Waals surface area contributed by atoms with Gasteiger partial charge in [0.25, 0.3) is 0 Å². The first kappa shape index (κ1) is 12.3. The van der Waals surface area contributed by atoms with Crippen LogP contribution in [0.5, 0.6) is 0 Å². The molecule has 0 aromatic rings. The minimum absolute atomic E-state index is 0.132. The quantitative estimate of drug-likeness (QED) is 0.682. The Bertz CT molecular complexity index is 248. The number of carbonyl (C=O) groups excluding carboxylic acids is 2. The largest absolute Gasteiger partial charge is 0.334 e. The number of likely N-dealkylation sites (tertiary alicyclic amines) is 1. The van der Waals surface area contributed by atoms with Gasteiger partial charge in [0.05, 0.1) is 0 Å². The lowest BCUT2D eigenvalue weighted by molar-refractivity contribution is -0.117. The molecular weight excluding hydrogens is 218 g/mol. The lowest BCUT2D eigenvalue weighted by Crippen LogP contribution is -2.45. The van der Waals surface area contributed by atoms with Crippen molar-refractivity contribution in [3.05, 3.63) is 0 Å². The number of alkyl halides is 1. The maximum Gasteiger partial charge on any atom is 0.321 e. The zero-order chi connectivity index (χ0) is 11.3. The molecule has 1 atom stereocenters. The van der Waals surface area contributed by atoms with Crippen molar-refractivity contribution < 1.29 is 9.59 Å². The molecule has 6 heteroatoms. The summed E-state index contributed by atoms with van der Waals surface area (Å²) in [6.45, 7) is 4.91. The summed E-state index contributed by atoms with van der Waals surface area (Å²) in [5.41, 5.74) is 0. The Morgan fingerprint density at radius 2 is 2.27 bits per heavy atom. The number of imide groups is 1. The van der Waals surface area contributed by atoms with E-state index in [1.807, 2.05) is 0 Å². The molecule has 0 aromatic heterocycles. The van der Waals surface area contributed by atoms with Crippen LogP contribution in [0.15, 0.2) is 0 Å². The first-order valence-corrected chi connectivity index (χ1v) is 5.57. The second-order valence-electron chi connectivity index (χ2n) is 3.53. The molecule has 5 nitrogen and oxygen atoms in total. The Balaban J connectivity index is 2.24. The van der Waals surface area contributed by atoms with Gasteiger partial charge in [-0.1, -0.05) is 6.92 Å². The third kappa shape index (κ3) is 4.05. The van der Waals surface area contributed by atoms with Gasteiger partial charge in [-0.25, -0.2) is 4.79 Å². The third-order valence-electron chi connectivity index (χ3n) is 2.43. The van der Waals surface area contributed by atoms with Gasteiger partial charge in [0.2, 0.25) is 5.91 Å². The molecular formula is C9H16ClN3O2. The van der Waals surface area contributed by atoms with Gasteiger partial charge in [-0.2, -0.15) is 0 Å². The number of amides is 3. The fourth-order valence-electron chi connectivity index (χ4n) is 1.62. The highest BCUT2D eigenvalue weighted by Crippen LogP contribution is 2.07. The summed E-state index contributed by atoms with van der Waals surface area (Å²) in [7, 11) is 0. The number of hydrogen-bond acceptors (Lipinski definition) is 3. The first-order valence-electron chi connectivity index (χ1n) is 5.04. The standard InChI is InChI=1S/C9H16ClN3O2/c1-2-13-4-3-7(6-13)11-9(15)12-8(14)5-10/h7H,2-6H2,1H3,(H2,11,12,14,15). The van der Waals surface area contributed by atoms with E-state index in [1.54, 1.807) is 0 Å². The third-order valence-corrected chi connectivity index (χ3v) is 2.67. The molecule has 0 saturated carbocycles. The zero-order valence-corrected chi connectivity index (χ0v) is 9.51. The van der Waals surface area contributed by atoms with Gasteiger partial charge in [-0.05, 0) is 13.0 Å². The summed E-state index contributed by atoms with van der Waals surface area (Å²) in [5, 5.41) is 4.89. The van der Waals surface area contributed by atoms with Gasteiger partial charge in [0.1, 0.15) is 5.88 Å². The molecule has 86 valence electrons. The van der Waals surface area contributed by atoms with E-state index >= 15 is 0 Å². The Kier molecular flexibility index (Phi) is 4.84. The molecule has 1 saturated heterocycles. The maximum absolute atomic E-state index is 11.2. The minimum atomic E-state index is -0.473. The van der Waals surface area contributed by atoms with Gasteiger partial charge in [0.15, 0.2) is 0 Å². The van der Waals surface area contributed by atoms with Crippen LogP contribution in [-0.4, -0.2) is 48.4 Å². The SMILES string of the molecule is CCN1CCC(NC(=O)NC(=O)CCl)C1. The van der Waals surface area contributed by atoms with Gasteiger partial charge < -0.3 is 10.2 Å². The molecule has 3 amide bonds. The van der Waals surface area contributed by atoms with E-state index in [-0.39, 0.29) is 11.9 Å². The van der Waals surface area contributed by atoms with Crippen molar-refractivity contribution in [2.75, 3.05) is 25.5 Å². The first-order chi connectivity index (χ1) is 7.15. The van der Waals surface area contributed by atoms with Crippen molar-refractivity contribution in [3.8, 4) is 0 Å². The molecule has 0 aromatic carbocycles. The number of urea groups is 1. The predicted molar refractivity (Wildman–Crippen MR) is 57.9 cm³/mol. The van der Waals surface area contributed by atoms with Crippen LogP contribution < -0.4 is 10.6 Å². The zero-order valence-electron chi connectivity index (χ0n) is 8.75. The van der Waals surface area contributed by atoms with Crippen molar-refractivity contribution in [3.63, 3.8) is 0 Å². The number of nitrogens with zero attached hydrogens (tertiary/aromatic N) is 1. The van der Waals surface area contributed by atoms with Gasteiger partial charge in [0, 0.05) is 19.1 Å². The molecule has 1 heterocycles. The van der Waals surface area contributed by atoms with Crippen LogP contribution in [0.2, 0.25) is 0 Å². The molecule has 1 aliphatic heterocycles. The van der Waals surface area contributed by atoms with Crippen molar-refractivity contribution in [2.45, 2.75) is 19.4 Å². The van der Waals surface area contributed by atoms with E-state index in [9.17, 15) is 9.59 Å². The van der Waals surface area contributed by atoms with E-state index in [1.165, 1.54) is 0 Å². The summed E-state index contributed by atoms with van der Waals surface area (Å²) >= 11 is 5.26. The number of carbonyl (C=O) groups is 2. The molecule has 1 aliphatic rings. The van der Waals surface area contributed by atoms with E-state index in [0.717, 1.165) is 26.1 Å². The second-order valence-corrected chi connectivity index (χ2v) is 3.80. The van der Waals surface area contributed by atoms with Crippen molar-refractivity contribution in [1.82, 2.24) is 15.5 Å². The summed E-state index contributed by atoms with van der Waals surface area (Å²) in [5.74, 6) is -0.668. The van der Waals surface area contributed by atoms with Crippen LogP contribution in [0.1, 0.15) is 13.3 Å². The molecule has 1 unspecified atom stereocenters. The highest BCUT2D eigenvalue weighted by atomic mass is 35.5. The van der Waals surface area contributed by atoms with E-state index in [2.05, 4.69) is 22.5 Å². The Hall–Kier alpha value is -0.810. The number of rotatable bonds is 3. The van der Waals surface area contributed by atoms with Gasteiger partial charge in [-0.3, -0.25) is 10.1 Å². The topological polar surface area (TPSA) is 61.4 Å². The van der Waals surface area contributed by atoms with Crippen LogP contribution >= 0.6 is 11.6 Å². The minimum Gasteiger partial charge on any atom is -0.334 e. The Labute approximate surface area is 94.1 Å². The number of halogens is 1. The smallest absolute Gasteiger partial charge is 0.321 e. The van der Waals surface area contributed by atoms with Crippen LogP contribution in [0.25, 0.3) is 0 Å². The fraction of sp³-hybridized carbons (Fsp3) is 0.778. The van der Waals surface area contributed by atoms with E-state index < -0.39 is 11.9 Å². The normalized spacial score (nSPS) is 21.3. The van der Waals surface area contributed by atoms with Crippen LogP contribution in [0.4, 0.5) is 4.79 Å². The molecule has 1 rings (SSSR count). The summed E-state index contributed by atoms with van der Waals surface area (Å²) < 4.78 is 0. The molecule has 15 heavy (non-hydrogen) atoms. The maximum atomic E-state index is 11.2. The van der Waals surface area contributed by atoms with Gasteiger partial charge in [-0.15, -0.1) is 11.6 Å². The van der Waals surface area contributed by atoms with E-state index in [4.69, 9.17) is 11.6 Å². The Morgan fingerprint density at radius 1 is 1.53 bits per heavy atom. The monoisotopic (exact) mass is 233 g/mol. The highest BCUT2D eigenvalue weighted by Gasteiger charge is 2.22. The fourth-order valence-corrected chi connectivity index (χ4v) is 1.69. The molecule has 1 fully saturated rings. The van der Waals surface area contributed by atoms with E-state index in [0.29, 0.717) is 0 Å². The van der Waals surface area contributed by atoms with Crippen LogP contribution in [-0.2, 0) is 4.79 Å². The lowest BCUT2D eigenvalue weighted by atomic mass is 10.3. The number of nitrogens with one attached hydrogen (secondary N) is 2. The summed E-state index contributed by atoms with van der Waals surface area (Å²) in [4.78, 5) is 24.3. The highest BCUT2D eigenvalue weighted by molar-refractivity contribution is 6.28. The molecule has 2 N–H and O–H groups in total. The molecule has 0 aliphatic carbocycles. The summed E-state index contributed by atoms with van der Waals surface area (Å²) in [6.07, 6.45) is 0.927. The van der Waals surface area contributed by atoms with Gasteiger partial charge >= 0.3 is 6.03 Å². The lowest BCUT2D eigenvalue weighted by Gasteiger charge is -2.14. The molecule has 0 spiro atoms. The number of likely N-dealkylation sites (N-methyl/N-ethyl adjacent to an activating group) is 1. The van der Waals surface area contributed by atoms with Crippen LogP contribution in [0, 0.1) is 0 Å². The average Bonchev–Trinajstić information content (AvgIpc) is 2.65. The average molecular weight is 234 g/mol. The predicted octanol–water partition coefficient (Wildman–Crippen LogP) is 0.145. The second kappa shape index (κ2) is 5.92.